The molecule has 0 radical (unpaired) electrons. The van der Waals surface area contributed by atoms with Gasteiger partial charge in [-0.05, 0) is 5.92 Å². The molecule has 1 aromatic rings. The molecule has 6 nitrogen and oxygen atoms in total. The molecule has 1 rings (SSSR count). The predicted octanol–water partition coefficient (Wildman–Crippen LogP) is 0.594. The highest BCUT2D eigenvalue weighted by Gasteiger charge is 2.15. The fourth-order valence-electron chi connectivity index (χ4n) is 1.51. The minimum atomic E-state index is -0.106. The van der Waals surface area contributed by atoms with Gasteiger partial charge in [0.1, 0.15) is 5.01 Å². The summed E-state index contributed by atoms with van der Waals surface area (Å²) >= 11 is 1.49. The molecule has 0 saturated heterocycles. The van der Waals surface area contributed by atoms with Crippen LogP contribution in [0.1, 0.15) is 37.5 Å². The zero-order valence-electron chi connectivity index (χ0n) is 12.1. The molecule has 2 amide bonds. The van der Waals surface area contributed by atoms with E-state index >= 15 is 0 Å². The standard InChI is InChI=1S/C13H22N4O2S/c1-8(2)12(14)13-17-10(7-20-13)6-11(19)16-5-4-15-9(3)18/h7-8,12H,4-6,14H2,1-3H3,(H,15,18)(H,16,19). The number of carbonyl (C=O) groups excluding carboxylic acids is 2. The lowest BCUT2D eigenvalue weighted by atomic mass is 10.1. The first kappa shape index (κ1) is 16.6. The summed E-state index contributed by atoms with van der Waals surface area (Å²) in [6, 6.07) is -0.0865. The number of nitrogens with zero attached hydrogens (tertiary/aromatic N) is 1. The van der Waals surface area contributed by atoms with Crippen molar-refractivity contribution in [1.29, 1.82) is 0 Å². The van der Waals surface area contributed by atoms with Crippen molar-refractivity contribution in [2.45, 2.75) is 33.2 Å². The molecule has 0 saturated carbocycles. The molecule has 1 aromatic heterocycles. The minimum absolute atomic E-state index is 0.0865. The van der Waals surface area contributed by atoms with E-state index in [4.69, 9.17) is 5.73 Å². The third kappa shape index (κ3) is 5.66. The Labute approximate surface area is 123 Å². The van der Waals surface area contributed by atoms with E-state index in [1.807, 2.05) is 19.2 Å². The summed E-state index contributed by atoms with van der Waals surface area (Å²) in [6.45, 7) is 6.38. The van der Waals surface area contributed by atoms with Gasteiger partial charge in [-0.2, -0.15) is 0 Å². The van der Waals surface area contributed by atoms with Crippen LogP contribution in [0.4, 0.5) is 0 Å². The third-order valence-electron chi connectivity index (χ3n) is 2.74. The Kier molecular flexibility index (Phi) is 6.60. The molecule has 0 aliphatic rings. The van der Waals surface area contributed by atoms with E-state index in [9.17, 15) is 9.59 Å². The zero-order chi connectivity index (χ0) is 15.1. The van der Waals surface area contributed by atoms with E-state index in [1.165, 1.54) is 18.3 Å². The molecule has 0 aliphatic carbocycles. The number of amides is 2. The Hall–Kier alpha value is -1.47. The van der Waals surface area contributed by atoms with Gasteiger partial charge in [0.2, 0.25) is 11.8 Å². The van der Waals surface area contributed by atoms with Gasteiger partial charge in [-0.1, -0.05) is 13.8 Å². The van der Waals surface area contributed by atoms with Gasteiger partial charge in [0.05, 0.1) is 18.2 Å². The van der Waals surface area contributed by atoms with Crippen molar-refractivity contribution in [2.24, 2.45) is 11.7 Å². The maximum atomic E-state index is 11.7. The molecule has 1 unspecified atom stereocenters. The molecule has 20 heavy (non-hydrogen) atoms. The van der Waals surface area contributed by atoms with Crippen LogP contribution in [0, 0.1) is 5.92 Å². The summed E-state index contributed by atoms with van der Waals surface area (Å²) in [5.41, 5.74) is 6.75. The van der Waals surface area contributed by atoms with Crippen molar-refractivity contribution in [2.75, 3.05) is 13.1 Å². The monoisotopic (exact) mass is 298 g/mol. The van der Waals surface area contributed by atoms with Crippen LogP contribution in [-0.2, 0) is 16.0 Å². The first-order valence-electron chi connectivity index (χ1n) is 6.61. The predicted molar refractivity (Wildman–Crippen MR) is 79.3 cm³/mol. The Bertz CT molecular complexity index is 459. The van der Waals surface area contributed by atoms with E-state index in [0.29, 0.717) is 19.0 Å². The van der Waals surface area contributed by atoms with Crippen LogP contribution in [0.25, 0.3) is 0 Å². The quantitative estimate of drug-likeness (QED) is 0.642. The number of aromatic nitrogens is 1. The van der Waals surface area contributed by atoms with Crippen LogP contribution in [-0.4, -0.2) is 29.9 Å². The normalized spacial score (nSPS) is 12.2. The van der Waals surface area contributed by atoms with Crippen molar-refractivity contribution < 1.29 is 9.59 Å². The van der Waals surface area contributed by atoms with Crippen molar-refractivity contribution in [3.8, 4) is 0 Å². The summed E-state index contributed by atoms with van der Waals surface area (Å²) in [6.07, 6.45) is 0.237. The van der Waals surface area contributed by atoms with Crippen LogP contribution in [0.2, 0.25) is 0 Å². The minimum Gasteiger partial charge on any atom is -0.355 e. The van der Waals surface area contributed by atoms with Crippen molar-refractivity contribution in [1.82, 2.24) is 15.6 Å². The molecule has 7 heteroatoms. The second kappa shape index (κ2) is 7.96. The molecule has 1 heterocycles. The smallest absolute Gasteiger partial charge is 0.226 e. The van der Waals surface area contributed by atoms with Gasteiger partial charge in [-0.25, -0.2) is 4.98 Å². The molecule has 0 fully saturated rings. The van der Waals surface area contributed by atoms with Gasteiger partial charge in [0.25, 0.3) is 0 Å². The molecule has 0 aliphatic heterocycles. The number of hydrogen-bond acceptors (Lipinski definition) is 5. The van der Waals surface area contributed by atoms with Crippen LogP contribution in [0.3, 0.4) is 0 Å². The average molecular weight is 298 g/mol. The van der Waals surface area contributed by atoms with E-state index in [0.717, 1.165) is 10.7 Å². The summed E-state index contributed by atoms with van der Waals surface area (Å²) in [7, 11) is 0. The fraction of sp³-hybridized carbons (Fsp3) is 0.615. The largest absolute Gasteiger partial charge is 0.355 e. The van der Waals surface area contributed by atoms with Gasteiger partial charge < -0.3 is 16.4 Å². The van der Waals surface area contributed by atoms with E-state index in [2.05, 4.69) is 15.6 Å². The molecule has 0 spiro atoms. The highest BCUT2D eigenvalue weighted by molar-refractivity contribution is 7.09. The molecule has 0 bridgehead atoms. The number of nitrogens with one attached hydrogen (secondary N) is 2. The highest BCUT2D eigenvalue weighted by Crippen LogP contribution is 2.22. The maximum absolute atomic E-state index is 11.7. The average Bonchev–Trinajstić information content (AvgIpc) is 2.81. The van der Waals surface area contributed by atoms with E-state index in [1.54, 1.807) is 0 Å². The molecule has 1 atom stereocenters. The first-order chi connectivity index (χ1) is 9.40. The lowest BCUT2D eigenvalue weighted by molar-refractivity contribution is -0.121. The first-order valence-corrected chi connectivity index (χ1v) is 7.49. The lowest BCUT2D eigenvalue weighted by Gasteiger charge is -2.11. The van der Waals surface area contributed by atoms with Crippen LogP contribution in [0.5, 0.6) is 0 Å². The fourth-order valence-corrected chi connectivity index (χ4v) is 2.50. The Morgan fingerprint density at radius 3 is 2.60 bits per heavy atom. The van der Waals surface area contributed by atoms with Gasteiger partial charge in [-0.15, -0.1) is 11.3 Å². The zero-order valence-corrected chi connectivity index (χ0v) is 12.9. The van der Waals surface area contributed by atoms with Gasteiger partial charge >= 0.3 is 0 Å². The van der Waals surface area contributed by atoms with Crippen molar-refractivity contribution >= 4 is 23.2 Å². The molecule has 112 valence electrons. The van der Waals surface area contributed by atoms with E-state index < -0.39 is 0 Å². The Morgan fingerprint density at radius 1 is 1.35 bits per heavy atom. The second-order valence-electron chi connectivity index (χ2n) is 4.96. The number of thiazole rings is 1. The summed E-state index contributed by atoms with van der Waals surface area (Å²) in [5, 5.41) is 8.07. The Balaban J connectivity index is 2.37. The van der Waals surface area contributed by atoms with Gasteiger partial charge in [0.15, 0.2) is 0 Å². The number of carbonyl (C=O) groups is 2. The second-order valence-corrected chi connectivity index (χ2v) is 5.85. The number of nitrogens with two attached hydrogens (primary N) is 1. The van der Waals surface area contributed by atoms with Crippen molar-refractivity contribution in [3.63, 3.8) is 0 Å². The van der Waals surface area contributed by atoms with Crippen LogP contribution >= 0.6 is 11.3 Å². The molecular weight excluding hydrogens is 276 g/mol. The number of hydrogen-bond donors (Lipinski definition) is 3. The maximum Gasteiger partial charge on any atom is 0.226 e. The van der Waals surface area contributed by atoms with Gasteiger partial charge in [-0.3, -0.25) is 9.59 Å². The van der Waals surface area contributed by atoms with E-state index in [-0.39, 0.29) is 24.3 Å². The van der Waals surface area contributed by atoms with Gasteiger partial charge in [0, 0.05) is 25.4 Å². The SMILES string of the molecule is CC(=O)NCCNC(=O)Cc1csc(C(N)C(C)C)n1. The lowest BCUT2D eigenvalue weighted by Crippen LogP contribution is -2.34. The Morgan fingerprint density at radius 2 is 2.00 bits per heavy atom. The summed E-state index contributed by atoms with van der Waals surface area (Å²) in [4.78, 5) is 26.7. The molecule has 0 aromatic carbocycles. The van der Waals surface area contributed by atoms with Crippen LogP contribution in [0.15, 0.2) is 5.38 Å². The summed E-state index contributed by atoms with van der Waals surface area (Å²) < 4.78 is 0. The molecule has 4 N–H and O–H groups in total. The van der Waals surface area contributed by atoms with Crippen LogP contribution < -0.4 is 16.4 Å². The van der Waals surface area contributed by atoms with Crippen molar-refractivity contribution in [3.05, 3.63) is 16.1 Å². The highest BCUT2D eigenvalue weighted by atomic mass is 32.1. The topological polar surface area (TPSA) is 97.1 Å². The number of rotatable bonds is 7. The third-order valence-corrected chi connectivity index (χ3v) is 3.73. The molecular formula is C13H22N4O2S. The summed E-state index contributed by atoms with van der Waals surface area (Å²) in [5.74, 6) is 0.108.